The highest BCUT2D eigenvalue weighted by atomic mass is 32.2. The van der Waals surface area contributed by atoms with E-state index in [-0.39, 0.29) is 0 Å². The summed E-state index contributed by atoms with van der Waals surface area (Å²) < 4.78 is 2.67. The molecule has 390 valence electrons. The van der Waals surface area contributed by atoms with Gasteiger partial charge in [0.05, 0.1) is 0 Å². The number of allylic oxidation sites excluding steroid dienone is 3. The summed E-state index contributed by atoms with van der Waals surface area (Å²) in [6.45, 7) is 0. The third-order valence-corrected chi connectivity index (χ3v) is 20.6. The van der Waals surface area contributed by atoms with Crippen LogP contribution in [0.15, 0.2) is 289 Å². The SMILES string of the molecule is C1=C(c2c3ccccc3c(-c3ccccc3-c3cccc4ccccc34)c3ccccc23)CCC2=C1Sc1cccc3c1c2cc1sc2cc(-c4c5ccccc5c(-c5ccccc5-c5cccc6ccccc56)c5ccccc45)ccc2c13. The van der Waals surface area contributed by atoms with Crippen LogP contribution in [0.5, 0.6) is 0 Å². The second-order valence-corrected chi connectivity index (χ2v) is 24.9. The lowest BCUT2D eigenvalue weighted by molar-refractivity contribution is 1.07. The molecule has 18 rings (SSSR count). The highest BCUT2D eigenvalue weighted by Gasteiger charge is 2.29. The quantitative estimate of drug-likeness (QED) is 0.150. The molecule has 0 nitrogen and oxygen atoms in total. The van der Waals surface area contributed by atoms with Crippen molar-refractivity contribution in [3.05, 3.63) is 295 Å². The zero-order chi connectivity index (χ0) is 55.0. The minimum atomic E-state index is 0.965. The van der Waals surface area contributed by atoms with E-state index in [1.807, 2.05) is 23.1 Å². The molecule has 84 heavy (non-hydrogen) atoms. The standard InChI is InChI=1S/C82H50S2/c1-3-24-53-49(20-1)22-17-38-55(53)57-26-5-7-28-60(57)79-66-34-13-9-30-62(66)77(63-31-10-14-35-67(63)79)51-42-44-59-72-48-76-81(71-40-19-41-73(82(71)72)83-74(59)46-51)70-45-43-52(47-75(70)84-76)78-64-32-11-15-36-68(64)80(69-37-16-12-33-65(69)78)61-29-8-6-27-58(61)56-39-18-23-50-21-2-4-25-54(50)56/h1-41,43,45-48H,42,44H2. The summed E-state index contributed by atoms with van der Waals surface area (Å²) in [7, 11) is 0. The Morgan fingerprint density at radius 2 is 0.690 bits per heavy atom. The average Bonchev–Trinajstić information content (AvgIpc) is 4.00. The van der Waals surface area contributed by atoms with E-state index in [0.29, 0.717) is 0 Å². The molecule has 0 radical (unpaired) electrons. The number of thioether (sulfide) groups is 1. The van der Waals surface area contributed by atoms with Gasteiger partial charge in [0, 0.05) is 35.4 Å². The van der Waals surface area contributed by atoms with Crippen LogP contribution >= 0.6 is 23.1 Å². The van der Waals surface area contributed by atoms with Gasteiger partial charge < -0.3 is 0 Å². The molecule has 1 aromatic heterocycles. The summed E-state index contributed by atoms with van der Waals surface area (Å²) in [6, 6.07) is 102. The Morgan fingerprint density at radius 1 is 0.262 bits per heavy atom. The normalized spacial score (nSPS) is 13.4. The zero-order valence-corrected chi connectivity index (χ0v) is 47.4. The van der Waals surface area contributed by atoms with E-state index >= 15 is 0 Å². The molecule has 0 atom stereocenters. The van der Waals surface area contributed by atoms with Crippen LogP contribution in [0.2, 0.25) is 0 Å². The zero-order valence-electron chi connectivity index (χ0n) is 45.8. The van der Waals surface area contributed by atoms with Crippen LogP contribution in [0.4, 0.5) is 0 Å². The van der Waals surface area contributed by atoms with Crippen LogP contribution in [0.3, 0.4) is 0 Å². The molecule has 1 aliphatic carbocycles. The molecule has 0 saturated carbocycles. The fourth-order valence-electron chi connectivity index (χ4n) is 14.9. The topological polar surface area (TPSA) is 0 Å². The molecule has 0 bridgehead atoms. The minimum absolute atomic E-state index is 0.965. The highest BCUT2D eigenvalue weighted by molar-refractivity contribution is 8.03. The van der Waals surface area contributed by atoms with E-state index in [1.165, 1.54) is 183 Å². The fraction of sp³-hybridized carbons (Fsp3) is 0.0244. The number of benzene rings is 15. The van der Waals surface area contributed by atoms with E-state index in [2.05, 4.69) is 279 Å². The van der Waals surface area contributed by atoms with E-state index in [9.17, 15) is 0 Å². The first kappa shape index (κ1) is 47.8. The smallest absolute Gasteiger partial charge is 0.0367 e. The van der Waals surface area contributed by atoms with Gasteiger partial charge in [-0.2, -0.15) is 0 Å². The van der Waals surface area contributed by atoms with Crippen molar-refractivity contribution >= 4 is 130 Å². The van der Waals surface area contributed by atoms with Crippen LogP contribution in [0.1, 0.15) is 24.0 Å². The Morgan fingerprint density at radius 3 is 1.24 bits per heavy atom. The van der Waals surface area contributed by atoms with Crippen molar-refractivity contribution in [3.63, 3.8) is 0 Å². The van der Waals surface area contributed by atoms with Gasteiger partial charge in [0.15, 0.2) is 0 Å². The molecule has 0 amide bonds. The summed E-state index contributed by atoms with van der Waals surface area (Å²) in [6.07, 6.45) is 4.51. The molecule has 1 aliphatic heterocycles. The molecule has 0 saturated heterocycles. The molecule has 2 heteroatoms. The van der Waals surface area contributed by atoms with Gasteiger partial charge in [-0.05, 0) is 185 Å². The van der Waals surface area contributed by atoms with Gasteiger partial charge >= 0.3 is 0 Å². The summed E-state index contributed by atoms with van der Waals surface area (Å²) in [4.78, 5) is 2.71. The number of rotatable bonds is 6. The van der Waals surface area contributed by atoms with Crippen LogP contribution in [-0.4, -0.2) is 0 Å². The van der Waals surface area contributed by atoms with Gasteiger partial charge in [-0.1, -0.05) is 267 Å². The lowest BCUT2D eigenvalue weighted by Gasteiger charge is -2.28. The molecular weight excluding hydrogens is 1050 g/mol. The van der Waals surface area contributed by atoms with Crippen molar-refractivity contribution in [1.29, 1.82) is 0 Å². The van der Waals surface area contributed by atoms with Crippen molar-refractivity contribution in [2.45, 2.75) is 17.7 Å². The first-order valence-electron chi connectivity index (χ1n) is 29.3. The highest BCUT2D eigenvalue weighted by Crippen LogP contribution is 2.56. The van der Waals surface area contributed by atoms with Gasteiger partial charge in [0.1, 0.15) is 0 Å². The van der Waals surface area contributed by atoms with Crippen LogP contribution in [0, 0.1) is 0 Å². The molecule has 0 unspecified atom stereocenters. The van der Waals surface area contributed by atoms with Gasteiger partial charge in [-0.15, -0.1) is 11.3 Å². The summed E-state index contributed by atoms with van der Waals surface area (Å²) in [5.41, 5.74) is 18.3. The molecule has 0 N–H and O–H groups in total. The van der Waals surface area contributed by atoms with Gasteiger partial charge in [-0.25, -0.2) is 0 Å². The van der Waals surface area contributed by atoms with Crippen molar-refractivity contribution in [2.75, 3.05) is 0 Å². The Balaban J connectivity index is 0.778. The minimum Gasteiger partial charge on any atom is -0.135 e. The Kier molecular flexibility index (Phi) is 10.7. The number of fused-ring (bicyclic) bond motifs is 11. The average molecular weight is 1100 g/mol. The van der Waals surface area contributed by atoms with E-state index < -0.39 is 0 Å². The van der Waals surface area contributed by atoms with Crippen molar-refractivity contribution in [2.24, 2.45) is 0 Å². The lowest BCUT2D eigenvalue weighted by Crippen LogP contribution is -2.03. The van der Waals surface area contributed by atoms with E-state index in [4.69, 9.17) is 0 Å². The largest absolute Gasteiger partial charge is 0.135 e. The van der Waals surface area contributed by atoms with Gasteiger partial charge in [-0.3, -0.25) is 0 Å². The van der Waals surface area contributed by atoms with E-state index in [0.717, 1.165) is 12.8 Å². The number of hydrogen-bond donors (Lipinski definition) is 0. The summed E-state index contributed by atoms with van der Waals surface area (Å²) in [5, 5.41) is 20.8. The Bertz CT molecular complexity index is 5470. The second kappa shape index (κ2) is 18.9. The summed E-state index contributed by atoms with van der Waals surface area (Å²) >= 11 is 3.92. The fourth-order valence-corrected chi connectivity index (χ4v) is 17.3. The third-order valence-electron chi connectivity index (χ3n) is 18.4. The van der Waals surface area contributed by atoms with E-state index in [1.54, 1.807) is 0 Å². The third kappa shape index (κ3) is 7.15. The first-order chi connectivity index (χ1) is 41.7. The maximum absolute atomic E-state index is 2.56. The van der Waals surface area contributed by atoms with Crippen molar-refractivity contribution in [1.82, 2.24) is 0 Å². The number of hydrogen-bond acceptors (Lipinski definition) is 2. The van der Waals surface area contributed by atoms with Crippen molar-refractivity contribution < 1.29 is 0 Å². The maximum Gasteiger partial charge on any atom is 0.0367 e. The molecule has 2 aliphatic rings. The van der Waals surface area contributed by atoms with Gasteiger partial charge in [0.2, 0.25) is 0 Å². The monoisotopic (exact) mass is 1100 g/mol. The molecule has 15 aromatic carbocycles. The van der Waals surface area contributed by atoms with Crippen LogP contribution in [0.25, 0.3) is 162 Å². The molecular formula is C82H50S2. The second-order valence-electron chi connectivity index (χ2n) is 22.7. The van der Waals surface area contributed by atoms with Gasteiger partial charge in [0.25, 0.3) is 0 Å². The van der Waals surface area contributed by atoms with Crippen LogP contribution < -0.4 is 0 Å². The first-order valence-corrected chi connectivity index (χ1v) is 30.9. The Labute approximate surface area is 494 Å². The molecule has 16 aromatic rings. The Hall–Kier alpha value is -9.83. The lowest BCUT2D eigenvalue weighted by atomic mass is 9.80. The predicted octanol–water partition coefficient (Wildman–Crippen LogP) is 24.2. The summed E-state index contributed by atoms with van der Waals surface area (Å²) in [5.74, 6) is 0. The van der Waals surface area contributed by atoms with Crippen molar-refractivity contribution in [3.8, 4) is 55.6 Å². The molecule has 2 heterocycles. The molecule has 0 fully saturated rings. The van der Waals surface area contributed by atoms with Crippen LogP contribution in [-0.2, 0) is 0 Å². The predicted molar refractivity (Wildman–Crippen MR) is 365 cm³/mol. The molecule has 0 spiro atoms. The number of thiophene rings is 1. The maximum atomic E-state index is 2.56.